The predicted molar refractivity (Wildman–Crippen MR) is 145 cm³/mol. The SMILES string of the molecule is Br.CCN(CC)c1ccc2c(n1)C(=N)N(CC(=O)c1cc(C(C)(C)C)c(O)c(C(C)(C)C)c1)C2. The second-order valence-electron chi connectivity index (χ2n) is 10.9. The van der Waals surface area contributed by atoms with Crippen LogP contribution in [0.4, 0.5) is 5.82 Å². The number of benzene rings is 1. The van der Waals surface area contributed by atoms with Gasteiger partial charge in [-0.2, -0.15) is 0 Å². The third-order valence-corrected chi connectivity index (χ3v) is 6.34. The molecule has 3 rings (SSSR count). The average Bonchev–Trinajstić information content (AvgIpc) is 3.02. The molecule has 1 aromatic carbocycles. The van der Waals surface area contributed by atoms with E-state index >= 15 is 0 Å². The standard InChI is InChI=1S/C27H38N4O2.BrH/c1-9-30(10-2)22-12-11-17-15-31(25(28)23(17)29-22)16-21(32)18-13-19(26(3,4)5)24(33)20(14-18)27(6,7)8;/h11-14,28,33H,9-10,15-16H2,1-8H3;1H. The first kappa shape index (κ1) is 27.8. The van der Waals surface area contributed by atoms with Crippen molar-refractivity contribution in [2.24, 2.45) is 0 Å². The molecule has 0 spiro atoms. The second-order valence-corrected chi connectivity index (χ2v) is 10.9. The Morgan fingerprint density at radius 3 is 2.06 bits per heavy atom. The molecular formula is C27H39BrN4O2. The predicted octanol–water partition coefficient (Wildman–Crippen LogP) is 5.83. The molecule has 2 N–H and O–H groups in total. The first-order valence-corrected chi connectivity index (χ1v) is 11.8. The van der Waals surface area contributed by atoms with E-state index in [0.717, 1.165) is 35.6 Å². The smallest absolute Gasteiger partial charge is 0.182 e. The maximum atomic E-state index is 13.4. The lowest BCUT2D eigenvalue weighted by Crippen LogP contribution is -2.31. The van der Waals surface area contributed by atoms with Gasteiger partial charge in [-0.15, -0.1) is 17.0 Å². The van der Waals surface area contributed by atoms with Gasteiger partial charge in [-0.05, 0) is 42.9 Å². The topological polar surface area (TPSA) is 80.5 Å². The van der Waals surface area contributed by atoms with Gasteiger partial charge >= 0.3 is 0 Å². The van der Waals surface area contributed by atoms with E-state index < -0.39 is 0 Å². The summed E-state index contributed by atoms with van der Waals surface area (Å²) in [5.41, 5.74) is 3.13. The van der Waals surface area contributed by atoms with Gasteiger partial charge in [0.05, 0.1) is 6.54 Å². The number of pyridine rings is 1. The quantitative estimate of drug-likeness (QED) is 0.459. The zero-order valence-corrected chi connectivity index (χ0v) is 23.5. The van der Waals surface area contributed by atoms with Gasteiger partial charge in [-0.3, -0.25) is 10.2 Å². The van der Waals surface area contributed by atoms with E-state index in [-0.39, 0.29) is 45.9 Å². The van der Waals surface area contributed by atoms with Crippen LogP contribution in [-0.4, -0.2) is 46.2 Å². The molecule has 0 aliphatic carbocycles. The number of Topliss-reactive ketones (excluding diaryl/α,β-unsaturated/α-hetero) is 1. The first-order chi connectivity index (χ1) is 15.3. The third-order valence-electron chi connectivity index (χ3n) is 6.34. The Labute approximate surface area is 214 Å². The number of aromatic hydroxyl groups is 1. The van der Waals surface area contributed by atoms with E-state index in [4.69, 9.17) is 10.4 Å². The molecule has 0 radical (unpaired) electrons. The number of amidine groups is 1. The van der Waals surface area contributed by atoms with Crippen molar-refractivity contribution in [3.05, 3.63) is 52.2 Å². The number of aromatic nitrogens is 1. The molecule has 2 heterocycles. The number of carbonyl (C=O) groups excluding carboxylic acids is 1. The summed E-state index contributed by atoms with van der Waals surface area (Å²) in [7, 11) is 0. The molecular weight excluding hydrogens is 492 g/mol. The summed E-state index contributed by atoms with van der Waals surface area (Å²) in [6.07, 6.45) is 0. The lowest BCUT2D eigenvalue weighted by molar-refractivity contribution is 0.0962. The molecule has 1 aliphatic rings. The van der Waals surface area contributed by atoms with Gasteiger partial charge in [0.2, 0.25) is 0 Å². The monoisotopic (exact) mass is 530 g/mol. The highest BCUT2D eigenvalue weighted by Gasteiger charge is 2.31. The number of phenols is 1. The van der Waals surface area contributed by atoms with Gasteiger partial charge in [0.25, 0.3) is 0 Å². The Kier molecular flexibility index (Phi) is 8.24. The number of nitrogens with one attached hydrogen (secondary N) is 1. The summed E-state index contributed by atoms with van der Waals surface area (Å²) in [5.74, 6) is 1.35. The van der Waals surface area contributed by atoms with E-state index in [2.05, 4.69) is 18.7 Å². The number of fused-ring (bicyclic) bond motifs is 1. The zero-order chi connectivity index (χ0) is 24.7. The fourth-order valence-corrected chi connectivity index (χ4v) is 4.31. The van der Waals surface area contributed by atoms with Crippen molar-refractivity contribution in [3.63, 3.8) is 0 Å². The van der Waals surface area contributed by atoms with E-state index in [9.17, 15) is 9.90 Å². The highest BCUT2D eigenvalue weighted by Crippen LogP contribution is 2.40. The van der Waals surface area contributed by atoms with Crippen LogP contribution in [0, 0.1) is 5.41 Å². The van der Waals surface area contributed by atoms with Crippen LogP contribution in [0.25, 0.3) is 0 Å². The third kappa shape index (κ3) is 5.45. The summed E-state index contributed by atoms with van der Waals surface area (Å²) in [6, 6.07) is 7.65. The second kappa shape index (κ2) is 10.1. The van der Waals surface area contributed by atoms with E-state index in [1.54, 1.807) is 4.90 Å². The number of phenolic OH excluding ortho intramolecular Hbond substituents is 1. The molecule has 0 unspecified atom stereocenters. The fourth-order valence-electron chi connectivity index (χ4n) is 4.31. The minimum absolute atomic E-state index is 0. The van der Waals surface area contributed by atoms with Crippen molar-refractivity contribution in [1.82, 2.24) is 9.88 Å². The number of hydrogen-bond donors (Lipinski definition) is 2. The zero-order valence-electron chi connectivity index (χ0n) is 21.7. The van der Waals surface area contributed by atoms with Crippen molar-refractivity contribution in [2.45, 2.75) is 72.8 Å². The number of nitrogens with zero attached hydrogens (tertiary/aromatic N) is 3. The average molecular weight is 532 g/mol. The minimum Gasteiger partial charge on any atom is -0.507 e. The first-order valence-electron chi connectivity index (χ1n) is 11.8. The minimum atomic E-state index is -0.304. The number of anilines is 1. The van der Waals surface area contributed by atoms with E-state index in [1.165, 1.54) is 0 Å². The van der Waals surface area contributed by atoms with Crippen molar-refractivity contribution in [3.8, 4) is 5.75 Å². The van der Waals surface area contributed by atoms with Gasteiger partial charge in [0, 0.05) is 41.9 Å². The Balaban J connectivity index is 0.00000408. The van der Waals surface area contributed by atoms with Crippen LogP contribution in [0.5, 0.6) is 5.75 Å². The van der Waals surface area contributed by atoms with Gasteiger partial charge < -0.3 is 14.9 Å². The molecule has 186 valence electrons. The van der Waals surface area contributed by atoms with Crippen LogP contribution in [0.2, 0.25) is 0 Å². The summed E-state index contributed by atoms with van der Waals surface area (Å²) < 4.78 is 0. The fraction of sp³-hybridized carbons (Fsp3) is 0.519. The Hall–Kier alpha value is -2.41. The van der Waals surface area contributed by atoms with Crippen molar-refractivity contribution < 1.29 is 9.90 Å². The number of halogens is 1. The van der Waals surface area contributed by atoms with Crippen LogP contribution >= 0.6 is 17.0 Å². The summed E-state index contributed by atoms with van der Waals surface area (Å²) >= 11 is 0. The highest BCUT2D eigenvalue weighted by molar-refractivity contribution is 8.93. The Morgan fingerprint density at radius 1 is 1.06 bits per heavy atom. The van der Waals surface area contributed by atoms with Crippen molar-refractivity contribution in [2.75, 3.05) is 24.5 Å². The number of carbonyl (C=O) groups is 1. The Morgan fingerprint density at radius 2 is 1.59 bits per heavy atom. The highest BCUT2D eigenvalue weighted by atomic mass is 79.9. The van der Waals surface area contributed by atoms with Crippen molar-refractivity contribution in [1.29, 1.82) is 5.41 Å². The maximum absolute atomic E-state index is 13.4. The van der Waals surface area contributed by atoms with Crippen LogP contribution in [0.15, 0.2) is 24.3 Å². The summed E-state index contributed by atoms with van der Waals surface area (Å²) in [4.78, 5) is 22.0. The van der Waals surface area contributed by atoms with Gasteiger partial charge in [0.1, 0.15) is 23.1 Å². The molecule has 1 aliphatic heterocycles. The van der Waals surface area contributed by atoms with Crippen LogP contribution in [0.1, 0.15) is 88.1 Å². The molecule has 0 atom stereocenters. The molecule has 34 heavy (non-hydrogen) atoms. The maximum Gasteiger partial charge on any atom is 0.182 e. The largest absolute Gasteiger partial charge is 0.507 e. The summed E-state index contributed by atoms with van der Waals surface area (Å²) in [6.45, 7) is 18.7. The van der Waals surface area contributed by atoms with E-state index in [0.29, 0.717) is 23.6 Å². The molecule has 0 saturated carbocycles. The van der Waals surface area contributed by atoms with Crippen molar-refractivity contribution >= 4 is 34.4 Å². The molecule has 1 aromatic heterocycles. The van der Waals surface area contributed by atoms with Gasteiger partial charge in [0.15, 0.2) is 5.78 Å². The van der Waals surface area contributed by atoms with E-state index in [1.807, 2.05) is 65.8 Å². The van der Waals surface area contributed by atoms with Crippen LogP contribution in [0.3, 0.4) is 0 Å². The van der Waals surface area contributed by atoms with Gasteiger partial charge in [-0.25, -0.2) is 4.98 Å². The number of hydrogen-bond acceptors (Lipinski definition) is 5. The number of ketones is 1. The Bertz CT molecular complexity index is 1040. The number of rotatable bonds is 6. The summed E-state index contributed by atoms with van der Waals surface area (Å²) in [5, 5.41) is 19.6. The molecule has 6 nitrogen and oxygen atoms in total. The molecule has 0 amide bonds. The lowest BCUT2D eigenvalue weighted by Gasteiger charge is -2.28. The van der Waals surface area contributed by atoms with Gasteiger partial charge in [-0.1, -0.05) is 47.6 Å². The molecule has 0 saturated heterocycles. The normalized spacial score (nSPS) is 13.5. The molecule has 7 heteroatoms. The molecule has 0 bridgehead atoms. The molecule has 0 fully saturated rings. The lowest BCUT2D eigenvalue weighted by atomic mass is 9.78. The van der Waals surface area contributed by atoms with Crippen LogP contribution in [-0.2, 0) is 17.4 Å². The van der Waals surface area contributed by atoms with Crippen LogP contribution < -0.4 is 4.90 Å². The molecule has 2 aromatic rings.